The maximum atomic E-state index is 13.5. The molecule has 0 unspecified atom stereocenters. The van der Waals surface area contributed by atoms with Gasteiger partial charge in [-0.1, -0.05) is 18.2 Å². The second-order valence-corrected chi connectivity index (χ2v) is 5.15. The number of fused-ring (bicyclic) bond motifs is 1. The predicted molar refractivity (Wildman–Crippen MR) is 73.3 cm³/mol. The lowest BCUT2D eigenvalue weighted by molar-refractivity contribution is 0.593. The summed E-state index contributed by atoms with van der Waals surface area (Å²) in [5.41, 5.74) is 1.33. The number of nitrogens with zero attached hydrogens (tertiary/aromatic N) is 1. The molecule has 0 aliphatic rings. The number of thiazole rings is 1. The summed E-state index contributed by atoms with van der Waals surface area (Å²) in [7, 11) is 0. The van der Waals surface area contributed by atoms with Crippen LogP contribution in [0.2, 0.25) is 0 Å². The zero-order valence-electron chi connectivity index (χ0n) is 9.86. The minimum atomic E-state index is -0.599. The molecule has 2 nitrogen and oxygen atoms in total. The molecule has 0 spiro atoms. The summed E-state index contributed by atoms with van der Waals surface area (Å²) in [6, 6.07) is 11.8. The molecule has 1 heterocycles. The molecule has 96 valence electrons. The number of hydrogen-bond acceptors (Lipinski definition) is 3. The van der Waals surface area contributed by atoms with Crippen molar-refractivity contribution < 1.29 is 8.78 Å². The van der Waals surface area contributed by atoms with Gasteiger partial charge in [-0.05, 0) is 12.1 Å². The highest BCUT2D eigenvalue weighted by Gasteiger charge is 2.10. The Morgan fingerprint density at radius 3 is 2.68 bits per heavy atom. The lowest BCUT2D eigenvalue weighted by Gasteiger charge is -2.02. The van der Waals surface area contributed by atoms with E-state index in [4.69, 9.17) is 0 Å². The van der Waals surface area contributed by atoms with Crippen LogP contribution in [0.1, 0.15) is 5.01 Å². The molecule has 0 aliphatic carbocycles. The van der Waals surface area contributed by atoms with Gasteiger partial charge in [-0.3, -0.25) is 0 Å². The third kappa shape index (κ3) is 2.56. The first-order valence-electron chi connectivity index (χ1n) is 5.76. The molecular weight excluding hydrogens is 266 g/mol. The topological polar surface area (TPSA) is 24.9 Å². The van der Waals surface area contributed by atoms with Crippen molar-refractivity contribution in [2.75, 3.05) is 5.32 Å². The summed E-state index contributed by atoms with van der Waals surface area (Å²) in [5.74, 6) is -1.16. The van der Waals surface area contributed by atoms with Crippen LogP contribution in [0, 0.1) is 11.6 Å². The van der Waals surface area contributed by atoms with Crippen LogP contribution in [0.3, 0.4) is 0 Å². The number of anilines is 1. The van der Waals surface area contributed by atoms with Crippen LogP contribution < -0.4 is 5.32 Å². The summed E-state index contributed by atoms with van der Waals surface area (Å²) in [6.07, 6.45) is 0. The number of nitrogens with one attached hydrogen (secondary N) is 1. The van der Waals surface area contributed by atoms with Crippen molar-refractivity contribution in [3.63, 3.8) is 0 Å². The molecule has 3 aromatic rings. The molecule has 0 amide bonds. The second kappa shape index (κ2) is 4.93. The monoisotopic (exact) mass is 276 g/mol. The van der Waals surface area contributed by atoms with Gasteiger partial charge in [-0.25, -0.2) is 13.8 Å². The molecule has 0 radical (unpaired) electrons. The van der Waals surface area contributed by atoms with E-state index in [2.05, 4.69) is 10.3 Å². The van der Waals surface area contributed by atoms with E-state index in [0.29, 0.717) is 16.8 Å². The standard InChI is InChI=1S/C14H10F2N2S/c15-9-6-11(16)14-12(7-9)18-13(19-14)8-17-10-4-2-1-3-5-10/h1-7,17H,8H2. The molecule has 2 aromatic carbocycles. The summed E-state index contributed by atoms with van der Waals surface area (Å²) in [5, 5.41) is 3.91. The summed E-state index contributed by atoms with van der Waals surface area (Å²) in [6.45, 7) is 0.490. The predicted octanol–water partition coefficient (Wildman–Crippen LogP) is 4.19. The van der Waals surface area contributed by atoms with Gasteiger partial charge in [0.05, 0.1) is 16.8 Å². The molecule has 3 rings (SSSR count). The zero-order valence-corrected chi connectivity index (χ0v) is 10.7. The first-order valence-corrected chi connectivity index (χ1v) is 6.57. The third-order valence-electron chi connectivity index (χ3n) is 2.67. The van der Waals surface area contributed by atoms with Gasteiger partial charge in [-0.2, -0.15) is 0 Å². The van der Waals surface area contributed by atoms with E-state index in [1.165, 1.54) is 17.4 Å². The minimum Gasteiger partial charge on any atom is -0.379 e. The van der Waals surface area contributed by atoms with Gasteiger partial charge < -0.3 is 5.32 Å². The van der Waals surface area contributed by atoms with Crippen LogP contribution in [0.25, 0.3) is 10.2 Å². The van der Waals surface area contributed by atoms with Crippen molar-refractivity contribution in [3.05, 3.63) is 59.1 Å². The average Bonchev–Trinajstić information content (AvgIpc) is 2.81. The largest absolute Gasteiger partial charge is 0.379 e. The summed E-state index contributed by atoms with van der Waals surface area (Å²) < 4.78 is 27.0. The Kier molecular flexibility index (Phi) is 3.13. The lowest BCUT2D eigenvalue weighted by atomic mass is 10.3. The van der Waals surface area contributed by atoms with Gasteiger partial charge in [0.1, 0.15) is 16.6 Å². The van der Waals surface area contributed by atoms with E-state index >= 15 is 0 Å². The highest BCUT2D eigenvalue weighted by Crippen LogP contribution is 2.26. The molecule has 0 bridgehead atoms. The van der Waals surface area contributed by atoms with Crippen molar-refractivity contribution in [3.8, 4) is 0 Å². The van der Waals surface area contributed by atoms with Gasteiger partial charge in [0.25, 0.3) is 0 Å². The Morgan fingerprint density at radius 2 is 1.89 bits per heavy atom. The van der Waals surface area contributed by atoms with Crippen LogP contribution in [-0.2, 0) is 6.54 Å². The van der Waals surface area contributed by atoms with E-state index in [9.17, 15) is 8.78 Å². The highest BCUT2D eigenvalue weighted by atomic mass is 32.1. The lowest BCUT2D eigenvalue weighted by Crippen LogP contribution is -1.97. The normalized spacial score (nSPS) is 10.8. The van der Waals surface area contributed by atoms with E-state index in [-0.39, 0.29) is 0 Å². The molecule has 1 aromatic heterocycles. The Morgan fingerprint density at radius 1 is 1.11 bits per heavy atom. The fourth-order valence-corrected chi connectivity index (χ4v) is 2.70. The molecule has 0 saturated heterocycles. The molecule has 0 fully saturated rings. The quantitative estimate of drug-likeness (QED) is 0.776. The maximum Gasteiger partial charge on any atom is 0.145 e. The first kappa shape index (κ1) is 12.0. The van der Waals surface area contributed by atoms with Crippen LogP contribution in [-0.4, -0.2) is 4.98 Å². The van der Waals surface area contributed by atoms with E-state index < -0.39 is 11.6 Å². The van der Waals surface area contributed by atoms with Crippen LogP contribution in [0.4, 0.5) is 14.5 Å². The van der Waals surface area contributed by atoms with Crippen LogP contribution >= 0.6 is 11.3 Å². The molecular formula is C14H10F2N2S. The highest BCUT2D eigenvalue weighted by molar-refractivity contribution is 7.18. The molecule has 0 aliphatic heterocycles. The van der Waals surface area contributed by atoms with E-state index in [1.54, 1.807) is 0 Å². The smallest absolute Gasteiger partial charge is 0.145 e. The van der Waals surface area contributed by atoms with E-state index in [0.717, 1.165) is 16.8 Å². The Hall–Kier alpha value is -2.01. The first-order chi connectivity index (χ1) is 9.22. The Labute approximate surface area is 112 Å². The number of hydrogen-bond donors (Lipinski definition) is 1. The fourth-order valence-electron chi connectivity index (χ4n) is 1.82. The van der Waals surface area contributed by atoms with Crippen molar-refractivity contribution in [1.29, 1.82) is 0 Å². The van der Waals surface area contributed by atoms with E-state index in [1.807, 2.05) is 30.3 Å². The second-order valence-electron chi connectivity index (χ2n) is 4.06. The van der Waals surface area contributed by atoms with Gasteiger partial charge in [-0.15, -0.1) is 11.3 Å². The molecule has 0 atom stereocenters. The van der Waals surface area contributed by atoms with Gasteiger partial charge in [0.2, 0.25) is 0 Å². The minimum absolute atomic E-state index is 0.368. The number of rotatable bonds is 3. The fraction of sp³-hybridized carbons (Fsp3) is 0.0714. The number of benzene rings is 2. The van der Waals surface area contributed by atoms with Gasteiger partial charge >= 0.3 is 0 Å². The summed E-state index contributed by atoms with van der Waals surface area (Å²) >= 11 is 1.24. The van der Waals surface area contributed by atoms with Crippen molar-refractivity contribution in [1.82, 2.24) is 4.98 Å². The molecule has 5 heteroatoms. The molecule has 0 saturated carbocycles. The van der Waals surface area contributed by atoms with Crippen LogP contribution in [0.5, 0.6) is 0 Å². The Bertz CT molecular complexity index is 710. The van der Waals surface area contributed by atoms with Crippen molar-refractivity contribution >= 4 is 27.2 Å². The van der Waals surface area contributed by atoms with Gasteiger partial charge in [0.15, 0.2) is 0 Å². The van der Waals surface area contributed by atoms with Gasteiger partial charge in [0, 0.05) is 17.8 Å². The number of para-hydroxylation sites is 1. The van der Waals surface area contributed by atoms with Crippen LogP contribution in [0.15, 0.2) is 42.5 Å². The third-order valence-corrected chi connectivity index (χ3v) is 3.75. The number of aromatic nitrogens is 1. The SMILES string of the molecule is Fc1cc(F)c2sc(CNc3ccccc3)nc2c1. The van der Waals surface area contributed by atoms with Crippen molar-refractivity contribution in [2.45, 2.75) is 6.54 Å². The summed E-state index contributed by atoms with van der Waals surface area (Å²) in [4.78, 5) is 4.23. The molecule has 19 heavy (non-hydrogen) atoms. The number of halogens is 2. The van der Waals surface area contributed by atoms with Crippen molar-refractivity contribution in [2.24, 2.45) is 0 Å². The maximum absolute atomic E-state index is 13.5. The zero-order chi connectivity index (χ0) is 13.2. The average molecular weight is 276 g/mol. The Balaban J connectivity index is 1.84. The molecule has 1 N–H and O–H groups in total.